The number of ether oxygens (including phenoxy) is 1. The number of carbonyl (C=O) groups excluding carboxylic acids is 1. The minimum atomic E-state index is -0.628. The number of nitrogens with zero attached hydrogens (tertiary/aromatic N) is 1. The van der Waals surface area contributed by atoms with Gasteiger partial charge in [-0.2, -0.15) is 5.26 Å². The Morgan fingerprint density at radius 3 is 2.43 bits per heavy atom. The van der Waals surface area contributed by atoms with Crippen molar-refractivity contribution in [2.75, 3.05) is 12.4 Å². The minimum Gasteiger partial charge on any atom is -0.495 e. The molecule has 5 nitrogen and oxygen atoms in total. The van der Waals surface area contributed by atoms with Crippen LogP contribution < -0.4 is 15.4 Å². The van der Waals surface area contributed by atoms with Crippen LogP contribution in [0.2, 0.25) is 5.02 Å². The van der Waals surface area contributed by atoms with Crippen molar-refractivity contribution < 1.29 is 9.53 Å². The van der Waals surface area contributed by atoms with E-state index >= 15 is 0 Å². The molecule has 0 spiro atoms. The molecule has 0 aromatic heterocycles. The fraction of sp³-hybridized carbons (Fsp3) is 0.200. The number of halogens is 1. The van der Waals surface area contributed by atoms with Crippen molar-refractivity contribution in [3.63, 3.8) is 0 Å². The molecule has 0 fully saturated rings. The summed E-state index contributed by atoms with van der Waals surface area (Å²) in [7, 11) is 1.56. The Labute approximate surface area is 227 Å². The SMILES string of the molecule is COc1ccccc1NC(=O)C1=C(C)NC(SCc2cc(C)cc(C)c2)=C(C#N)C1c1ccccc1Cl. The summed E-state index contributed by atoms with van der Waals surface area (Å²) in [6.07, 6.45) is 0. The van der Waals surface area contributed by atoms with E-state index in [2.05, 4.69) is 48.7 Å². The van der Waals surface area contributed by atoms with E-state index in [-0.39, 0.29) is 5.91 Å². The van der Waals surface area contributed by atoms with Crippen LogP contribution in [0.15, 0.2) is 88.6 Å². The Bertz CT molecular complexity index is 1430. The lowest BCUT2D eigenvalue weighted by Crippen LogP contribution is -2.31. The molecule has 37 heavy (non-hydrogen) atoms. The quantitative estimate of drug-likeness (QED) is 0.337. The largest absolute Gasteiger partial charge is 0.495 e. The van der Waals surface area contributed by atoms with Crippen molar-refractivity contribution in [2.45, 2.75) is 32.4 Å². The van der Waals surface area contributed by atoms with Crippen molar-refractivity contribution in [2.24, 2.45) is 0 Å². The molecular formula is C30H28ClN3O2S. The standard InChI is InChI=1S/C30H28ClN3O2S/c1-18-13-19(2)15-21(14-18)17-37-30-23(16-32)28(22-9-5-6-10-24(22)31)27(20(3)33-30)29(35)34-25-11-7-8-12-26(25)36-4/h5-15,28,33H,17H2,1-4H3,(H,34,35). The highest BCUT2D eigenvalue weighted by atomic mass is 35.5. The van der Waals surface area contributed by atoms with Crippen LogP contribution in [-0.4, -0.2) is 13.0 Å². The fourth-order valence-corrected chi connectivity index (χ4v) is 5.86. The lowest BCUT2D eigenvalue weighted by molar-refractivity contribution is -0.113. The summed E-state index contributed by atoms with van der Waals surface area (Å²) in [6, 6.07) is 23.4. The number of allylic oxidation sites excluding steroid dienone is 2. The van der Waals surface area contributed by atoms with Crippen molar-refractivity contribution in [3.8, 4) is 11.8 Å². The minimum absolute atomic E-state index is 0.328. The fourth-order valence-electron chi connectivity index (χ4n) is 4.59. The molecule has 0 bridgehead atoms. The van der Waals surface area contributed by atoms with E-state index in [1.165, 1.54) is 16.7 Å². The van der Waals surface area contributed by atoms with Gasteiger partial charge < -0.3 is 15.4 Å². The maximum Gasteiger partial charge on any atom is 0.254 e. The molecule has 2 N–H and O–H groups in total. The molecule has 1 heterocycles. The number of para-hydroxylation sites is 2. The van der Waals surface area contributed by atoms with Gasteiger partial charge in [0.25, 0.3) is 5.91 Å². The van der Waals surface area contributed by atoms with Gasteiger partial charge in [-0.25, -0.2) is 0 Å². The molecule has 0 saturated heterocycles. The van der Waals surface area contributed by atoms with Gasteiger partial charge in [0.05, 0.1) is 35.4 Å². The van der Waals surface area contributed by atoms with Gasteiger partial charge >= 0.3 is 0 Å². The monoisotopic (exact) mass is 529 g/mol. The van der Waals surface area contributed by atoms with Crippen molar-refractivity contribution >= 4 is 35.0 Å². The van der Waals surface area contributed by atoms with E-state index in [0.717, 1.165) is 5.03 Å². The second-order valence-corrected chi connectivity index (χ2v) is 10.3. The molecule has 1 atom stereocenters. The molecule has 4 rings (SSSR count). The summed E-state index contributed by atoms with van der Waals surface area (Å²) in [6.45, 7) is 6.01. The third-order valence-electron chi connectivity index (χ3n) is 6.13. The van der Waals surface area contributed by atoms with Crippen LogP contribution in [0, 0.1) is 25.2 Å². The van der Waals surface area contributed by atoms with Gasteiger partial charge in [0, 0.05) is 22.0 Å². The molecule has 7 heteroatoms. The number of nitriles is 1. The average molecular weight is 530 g/mol. The molecule has 3 aromatic rings. The molecule has 188 valence electrons. The number of rotatable bonds is 7. The van der Waals surface area contributed by atoms with Gasteiger partial charge in [0.2, 0.25) is 0 Å². The van der Waals surface area contributed by atoms with E-state index in [4.69, 9.17) is 16.3 Å². The zero-order chi connectivity index (χ0) is 26.5. The van der Waals surface area contributed by atoms with Gasteiger partial charge in [-0.15, -0.1) is 11.8 Å². The number of nitrogens with one attached hydrogen (secondary N) is 2. The number of dihydropyridines is 1. The average Bonchev–Trinajstić information content (AvgIpc) is 2.87. The predicted octanol–water partition coefficient (Wildman–Crippen LogP) is 7.23. The number of anilines is 1. The molecular weight excluding hydrogens is 502 g/mol. The number of amides is 1. The van der Waals surface area contributed by atoms with Gasteiger partial charge in [-0.1, -0.05) is 71.3 Å². The highest BCUT2D eigenvalue weighted by molar-refractivity contribution is 8.02. The highest BCUT2D eigenvalue weighted by Crippen LogP contribution is 2.44. The zero-order valence-corrected chi connectivity index (χ0v) is 22.8. The number of hydrogen-bond acceptors (Lipinski definition) is 5. The molecule has 1 amide bonds. The van der Waals surface area contributed by atoms with Crippen LogP contribution in [0.5, 0.6) is 5.75 Å². The van der Waals surface area contributed by atoms with E-state index in [1.54, 1.807) is 37.1 Å². The predicted molar refractivity (Wildman–Crippen MR) is 152 cm³/mol. The van der Waals surface area contributed by atoms with Gasteiger partial charge in [0.15, 0.2) is 0 Å². The van der Waals surface area contributed by atoms with E-state index < -0.39 is 5.92 Å². The summed E-state index contributed by atoms with van der Waals surface area (Å²) >= 11 is 8.18. The lowest BCUT2D eigenvalue weighted by Gasteiger charge is -2.30. The summed E-state index contributed by atoms with van der Waals surface area (Å²) in [5.74, 6) is 0.274. The zero-order valence-electron chi connectivity index (χ0n) is 21.2. The Morgan fingerprint density at radius 1 is 1.08 bits per heavy atom. The van der Waals surface area contributed by atoms with Gasteiger partial charge in [0.1, 0.15) is 5.75 Å². The normalized spacial score (nSPS) is 15.2. The van der Waals surface area contributed by atoms with E-state index in [0.29, 0.717) is 44.6 Å². The number of methoxy groups -OCH3 is 1. The maximum atomic E-state index is 13.7. The van der Waals surface area contributed by atoms with Gasteiger partial charge in [-0.05, 0) is 50.1 Å². The molecule has 3 aromatic carbocycles. The third-order valence-corrected chi connectivity index (χ3v) is 7.56. The molecule has 0 aliphatic carbocycles. The Morgan fingerprint density at radius 2 is 1.76 bits per heavy atom. The van der Waals surface area contributed by atoms with Crippen molar-refractivity contribution in [1.82, 2.24) is 5.32 Å². The van der Waals surface area contributed by atoms with Crippen LogP contribution in [0.25, 0.3) is 0 Å². The first-order valence-electron chi connectivity index (χ1n) is 11.8. The Hall–Kier alpha value is -3.66. The Balaban J connectivity index is 1.75. The van der Waals surface area contributed by atoms with Crippen molar-refractivity contribution in [3.05, 3.63) is 116 Å². The molecule has 1 aliphatic rings. The first kappa shape index (κ1) is 26.4. The summed E-state index contributed by atoms with van der Waals surface area (Å²) in [5.41, 5.74) is 6.37. The molecule has 1 unspecified atom stereocenters. The highest BCUT2D eigenvalue weighted by Gasteiger charge is 2.36. The molecule has 1 aliphatic heterocycles. The number of aryl methyl sites for hydroxylation is 2. The third kappa shape index (κ3) is 5.85. The van der Waals surface area contributed by atoms with Crippen LogP contribution in [0.1, 0.15) is 35.1 Å². The number of carbonyl (C=O) groups is 1. The topological polar surface area (TPSA) is 74.2 Å². The number of hydrogen-bond donors (Lipinski definition) is 2. The summed E-state index contributed by atoms with van der Waals surface area (Å²) < 4.78 is 5.41. The van der Waals surface area contributed by atoms with Crippen LogP contribution in [-0.2, 0) is 10.5 Å². The number of benzene rings is 3. The summed E-state index contributed by atoms with van der Waals surface area (Å²) in [4.78, 5) is 13.7. The summed E-state index contributed by atoms with van der Waals surface area (Å²) in [5, 5.41) is 17.9. The van der Waals surface area contributed by atoms with E-state index in [1.807, 2.05) is 37.3 Å². The van der Waals surface area contributed by atoms with Crippen LogP contribution in [0.4, 0.5) is 5.69 Å². The maximum absolute atomic E-state index is 13.7. The molecule has 0 radical (unpaired) electrons. The second-order valence-electron chi connectivity index (χ2n) is 8.91. The van der Waals surface area contributed by atoms with E-state index in [9.17, 15) is 10.1 Å². The number of thioether (sulfide) groups is 1. The van der Waals surface area contributed by atoms with Crippen molar-refractivity contribution in [1.29, 1.82) is 5.26 Å². The second kappa shape index (κ2) is 11.6. The smallest absolute Gasteiger partial charge is 0.254 e. The molecule has 0 saturated carbocycles. The lowest BCUT2D eigenvalue weighted by atomic mass is 9.82. The van der Waals surface area contributed by atoms with Crippen LogP contribution in [0.3, 0.4) is 0 Å². The van der Waals surface area contributed by atoms with Gasteiger partial charge in [-0.3, -0.25) is 4.79 Å². The van der Waals surface area contributed by atoms with Crippen LogP contribution >= 0.6 is 23.4 Å². The Kier molecular flexibility index (Phi) is 8.27. The first-order chi connectivity index (χ1) is 17.8. The first-order valence-corrected chi connectivity index (χ1v) is 13.2.